The number of nitrogens with one attached hydrogen (secondary N) is 1. The van der Waals surface area contributed by atoms with Gasteiger partial charge in [0.1, 0.15) is 12.4 Å². The molecule has 17 heavy (non-hydrogen) atoms. The van der Waals surface area contributed by atoms with Gasteiger partial charge in [-0.25, -0.2) is 13.2 Å². The third-order valence-electron chi connectivity index (χ3n) is 2.33. The molecule has 1 atom stereocenters. The molecule has 0 saturated heterocycles. The van der Waals surface area contributed by atoms with Gasteiger partial charge < -0.3 is 10.4 Å². The number of hydrogen-bond donors (Lipinski definition) is 2. The van der Waals surface area contributed by atoms with Crippen LogP contribution in [0, 0.1) is 5.82 Å². The van der Waals surface area contributed by atoms with Crippen molar-refractivity contribution >= 4 is 11.6 Å². The average Bonchev–Trinajstić information content (AvgIpc) is 2.26. The molecule has 0 aliphatic rings. The van der Waals surface area contributed by atoms with Crippen LogP contribution >= 0.6 is 11.6 Å². The molecular formula is C11H13ClF3NO. The minimum absolute atomic E-state index is 0.178. The summed E-state index contributed by atoms with van der Waals surface area (Å²) in [6.07, 6.45) is 0. The molecule has 1 aromatic carbocycles. The summed E-state index contributed by atoms with van der Waals surface area (Å²) in [6, 6.07) is 3.32. The summed E-state index contributed by atoms with van der Waals surface area (Å²) in [5.41, 5.74) is 0.529. The van der Waals surface area contributed by atoms with Gasteiger partial charge in [0.25, 0.3) is 5.92 Å². The Hall–Kier alpha value is -0.780. The highest BCUT2D eigenvalue weighted by atomic mass is 35.5. The van der Waals surface area contributed by atoms with Crippen LogP contribution in [0.4, 0.5) is 13.2 Å². The van der Waals surface area contributed by atoms with Crippen molar-refractivity contribution in [1.29, 1.82) is 0 Å². The molecule has 96 valence electrons. The van der Waals surface area contributed by atoms with Crippen LogP contribution in [-0.2, 0) is 0 Å². The Bertz CT molecular complexity index is 387. The van der Waals surface area contributed by atoms with E-state index in [1.807, 2.05) is 0 Å². The maximum Gasteiger partial charge on any atom is 0.282 e. The highest BCUT2D eigenvalue weighted by Gasteiger charge is 2.28. The second-order valence-corrected chi connectivity index (χ2v) is 4.19. The van der Waals surface area contributed by atoms with Gasteiger partial charge in [-0.15, -0.1) is 0 Å². The summed E-state index contributed by atoms with van der Waals surface area (Å²) in [4.78, 5) is 0. The van der Waals surface area contributed by atoms with E-state index < -0.39 is 30.9 Å². The van der Waals surface area contributed by atoms with Crippen molar-refractivity contribution in [3.8, 4) is 0 Å². The van der Waals surface area contributed by atoms with Crippen LogP contribution in [0.1, 0.15) is 18.5 Å². The zero-order chi connectivity index (χ0) is 13.1. The highest BCUT2D eigenvalue weighted by Crippen LogP contribution is 2.24. The second-order valence-electron chi connectivity index (χ2n) is 3.78. The van der Waals surface area contributed by atoms with Crippen molar-refractivity contribution in [2.24, 2.45) is 0 Å². The van der Waals surface area contributed by atoms with Crippen LogP contribution in [0.3, 0.4) is 0 Å². The van der Waals surface area contributed by atoms with E-state index in [2.05, 4.69) is 5.32 Å². The molecule has 0 fully saturated rings. The SMILES string of the molecule is CC(NCC(F)(F)CO)c1ccc(F)cc1Cl. The fraction of sp³-hybridized carbons (Fsp3) is 0.455. The van der Waals surface area contributed by atoms with Crippen LogP contribution in [-0.4, -0.2) is 24.2 Å². The molecule has 0 radical (unpaired) electrons. The van der Waals surface area contributed by atoms with Gasteiger partial charge >= 0.3 is 0 Å². The lowest BCUT2D eigenvalue weighted by atomic mass is 10.1. The van der Waals surface area contributed by atoms with Gasteiger partial charge in [-0.2, -0.15) is 0 Å². The number of rotatable bonds is 5. The fourth-order valence-corrected chi connectivity index (χ4v) is 1.65. The van der Waals surface area contributed by atoms with Gasteiger partial charge in [-0.1, -0.05) is 17.7 Å². The molecule has 0 amide bonds. The van der Waals surface area contributed by atoms with Crippen LogP contribution in [0.5, 0.6) is 0 Å². The van der Waals surface area contributed by atoms with E-state index in [1.165, 1.54) is 12.1 Å². The highest BCUT2D eigenvalue weighted by molar-refractivity contribution is 6.31. The molecule has 0 spiro atoms. The third-order valence-corrected chi connectivity index (χ3v) is 2.65. The Morgan fingerprint density at radius 3 is 2.65 bits per heavy atom. The number of aliphatic hydroxyl groups is 1. The predicted octanol–water partition coefficient (Wildman–Crippen LogP) is 2.76. The maximum atomic E-state index is 12.8. The van der Waals surface area contributed by atoms with Crippen LogP contribution in [0.25, 0.3) is 0 Å². The Labute approximate surface area is 102 Å². The normalized spacial score (nSPS) is 13.8. The second kappa shape index (κ2) is 5.71. The summed E-state index contributed by atoms with van der Waals surface area (Å²) in [5.74, 6) is -3.66. The molecule has 1 unspecified atom stereocenters. The Morgan fingerprint density at radius 2 is 2.12 bits per heavy atom. The van der Waals surface area contributed by atoms with Crippen molar-refractivity contribution in [3.63, 3.8) is 0 Å². The smallest absolute Gasteiger partial charge is 0.282 e. The minimum atomic E-state index is -3.18. The Kier molecular flexibility index (Phi) is 4.80. The number of hydrogen-bond acceptors (Lipinski definition) is 2. The average molecular weight is 268 g/mol. The van der Waals surface area contributed by atoms with E-state index in [-0.39, 0.29) is 5.02 Å². The molecule has 0 saturated carbocycles. The zero-order valence-corrected chi connectivity index (χ0v) is 9.94. The lowest BCUT2D eigenvalue weighted by Crippen LogP contribution is -2.37. The van der Waals surface area contributed by atoms with Gasteiger partial charge in [0.05, 0.1) is 6.54 Å². The van der Waals surface area contributed by atoms with Crippen LogP contribution < -0.4 is 5.32 Å². The molecule has 6 heteroatoms. The summed E-state index contributed by atoms with van der Waals surface area (Å²) in [6.45, 7) is -0.255. The van der Waals surface area contributed by atoms with Gasteiger partial charge in [0.15, 0.2) is 0 Å². The number of halogens is 4. The van der Waals surface area contributed by atoms with Crippen molar-refractivity contribution in [2.45, 2.75) is 18.9 Å². The minimum Gasteiger partial charge on any atom is -0.390 e. The van der Waals surface area contributed by atoms with Gasteiger partial charge in [-0.3, -0.25) is 0 Å². The fourth-order valence-electron chi connectivity index (χ4n) is 1.32. The Balaban J connectivity index is 2.67. The van der Waals surface area contributed by atoms with Crippen molar-refractivity contribution in [1.82, 2.24) is 5.32 Å². The van der Waals surface area contributed by atoms with Crippen molar-refractivity contribution in [3.05, 3.63) is 34.6 Å². The van der Waals surface area contributed by atoms with Gasteiger partial charge in [0, 0.05) is 11.1 Å². The molecule has 0 aliphatic carbocycles. The topological polar surface area (TPSA) is 32.3 Å². The molecule has 1 aromatic rings. The first-order chi connectivity index (χ1) is 7.85. The predicted molar refractivity (Wildman–Crippen MR) is 59.9 cm³/mol. The molecule has 0 heterocycles. The number of alkyl halides is 2. The number of benzene rings is 1. The summed E-state index contributed by atoms with van der Waals surface area (Å²) in [5, 5.41) is 11.1. The van der Waals surface area contributed by atoms with Crippen LogP contribution in [0.2, 0.25) is 5.02 Å². The zero-order valence-electron chi connectivity index (χ0n) is 9.18. The third kappa shape index (κ3) is 4.18. The summed E-state index contributed by atoms with van der Waals surface area (Å²) in [7, 11) is 0. The van der Waals surface area contributed by atoms with E-state index >= 15 is 0 Å². The van der Waals surface area contributed by atoms with Gasteiger partial charge in [-0.05, 0) is 24.6 Å². The lowest BCUT2D eigenvalue weighted by molar-refractivity contribution is -0.0490. The van der Waals surface area contributed by atoms with E-state index in [1.54, 1.807) is 6.92 Å². The number of aliphatic hydroxyl groups excluding tert-OH is 1. The quantitative estimate of drug-likeness (QED) is 0.860. The molecule has 0 aromatic heterocycles. The molecule has 0 aliphatic heterocycles. The maximum absolute atomic E-state index is 12.8. The summed E-state index contributed by atoms with van der Waals surface area (Å²) < 4.78 is 38.4. The lowest BCUT2D eigenvalue weighted by Gasteiger charge is -2.19. The molecule has 1 rings (SSSR count). The van der Waals surface area contributed by atoms with E-state index in [4.69, 9.17) is 16.7 Å². The standard InChI is InChI=1S/C11H13ClF3NO/c1-7(16-5-11(14,15)6-17)9-3-2-8(13)4-10(9)12/h2-4,7,16-17H,5-6H2,1H3. The first-order valence-corrected chi connectivity index (χ1v) is 5.40. The van der Waals surface area contributed by atoms with Crippen molar-refractivity contribution < 1.29 is 18.3 Å². The van der Waals surface area contributed by atoms with Gasteiger partial charge in [0.2, 0.25) is 0 Å². The van der Waals surface area contributed by atoms with E-state index in [9.17, 15) is 13.2 Å². The van der Waals surface area contributed by atoms with Crippen molar-refractivity contribution in [2.75, 3.05) is 13.2 Å². The van der Waals surface area contributed by atoms with Crippen LogP contribution in [0.15, 0.2) is 18.2 Å². The monoisotopic (exact) mass is 267 g/mol. The molecule has 0 bridgehead atoms. The van der Waals surface area contributed by atoms with E-state index in [0.717, 1.165) is 6.07 Å². The van der Waals surface area contributed by atoms with E-state index in [0.29, 0.717) is 5.56 Å². The first kappa shape index (κ1) is 14.3. The largest absolute Gasteiger partial charge is 0.390 e. The summed E-state index contributed by atoms with van der Waals surface area (Å²) >= 11 is 5.79. The molecule has 2 N–H and O–H groups in total. The Morgan fingerprint density at radius 1 is 1.47 bits per heavy atom. The molecule has 2 nitrogen and oxygen atoms in total. The first-order valence-electron chi connectivity index (χ1n) is 5.03. The molecular weight excluding hydrogens is 255 g/mol.